The molecule has 0 amide bonds. The molecule has 1 rings (SSSR count). The normalized spacial score (nSPS) is 10.2. The Labute approximate surface area is 107 Å². The first-order valence-electron chi connectivity index (χ1n) is 5.88. The summed E-state index contributed by atoms with van der Waals surface area (Å²) in [6, 6.07) is 5.13. The number of carbonyl (C=O) groups excluding carboxylic acids is 1. The third-order valence-corrected chi connectivity index (χ3v) is 2.41. The number of benzene rings is 1. The number of nitrogens with two attached hydrogens (primary N) is 1. The van der Waals surface area contributed by atoms with Crippen molar-refractivity contribution >= 4 is 17.3 Å². The smallest absolute Gasteiger partial charge is 0.338 e. The van der Waals surface area contributed by atoms with Crippen molar-refractivity contribution in [3.05, 3.63) is 23.8 Å². The van der Waals surface area contributed by atoms with Crippen LogP contribution in [-0.2, 0) is 9.47 Å². The highest BCUT2D eigenvalue weighted by Gasteiger charge is 2.10. The van der Waals surface area contributed by atoms with Crippen LogP contribution in [0.3, 0.4) is 0 Å². The van der Waals surface area contributed by atoms with Crippen LogP contribution in [0.25, 0.3) is 0 Å². The number of hydrogen-bond donors (Lipinski definition) is 1. The molecule has 0 radical (unpaired) electrons. The molecule has 18 heavy (non-hydrogen) atoms. The van der Waals surface area contributed by atoms with Gasteiger partial charge in [0, 0.05) is 20.7 Å². The van der Waals surface area contributed by atoms with Gasteiger partial charge in [-0.05, 0) is 25.1 Å². The van der Waals surface area contributed by atoms with E-state index in [1.165, 1.54) is 0 Å². The molecule has 0 spiro atoms. The van der Waals surface area contributed by atoms with E-state index in [1.54, 1.807) is 18.2 Å². The SMILES string of the molecule is CCOCCOC(=O)c1ccc(N(C)C)c(N)c1. The van der Waals surface area contributed by atoms with Gasteiger partial charge >= 0.3 is 5.97 Å². The minimum Gasteiger partial charge on any atom is -0.460 e. The highest BCUT2D eigenvalue weighted by molar-refractivity contribution is 5.92. The molecular formula is C13H20N2O3. The van der Waals surface area contributed by atoms with E-state index in [9.17, 15) is 4.79 Å². The summed E-state index contributed by atoms with van der Waals surface area (Å²) in [5.41, 5.74) is 7.75. The molecule has 0 aromatic heterocycles. The van der Waals surface area contributed by atoms with Crippen LogP contribution >= 0.6 is 0 Å². The number of esters is 1. The minimum atomic E-state index is -0.383. The third kappa shape index (κ3) is 3.92. The van der Waals surface area contributed by atoms with Crippen molar-refractivity contribution in [3.63, 3.8) is 0 Å². The van der Waals surface area contributed by atoms with Gasteiger partial charge in [0.1, 0.15) is 6.61 Å². The molecule has 0 aliphatic rings. The number of nitrogens with zero attached hydrogens (tertiary/aromatic N) is 1. The number of ether oxygens (including phenoxy) is 2. The van der Waals surface area contributed by atoms with Crippen LogP contribution in [0.2, 0.25) is 0 Å². The molecule has 1 aromatic carbocycles. The van der Waals surface area contributed by atoms with Crippen LogP contribution in [0.1, 0.15) is 17.3 Å². The molecule has 5 heteroatoms. The molecule has 5 nitrogen and oxygen atoms in total. The molecular weight excluding hydrogens is 232 g/mol. The highest BCUT2D eigenvalue weighted by atomic mass is 16.6. The predicted octanol–water partition coefficient (Wildman–Crippen LogP) is 1.53. The van der Waals surface area contributed by atoms with Crippen LogP contribution in [0.4, 0.5) is 11.4 Å². The molecule has 0 fully saturated rings. The maximum atomic E-state index is 11.7. The Balaban J connectivity index is 2.61. The maximum absolute atomic E-state index is 11.7. The van der Waals surface area contributed by atoms with Crippen LogP contribution in [0.15, 0.2) is 18.2 Å². The van der Waals surface area contributed by atoms with Crippen LogP contribution in [0, 0.1) is 0 Å². The Bertz CT molecular complexity index is 405. The fraction of sp³-hybridized carbons (Fsp3) is 0.462. The van der Waals surface area contributed by atoms with Gasteiger partial charge in [-0.1, -0.05) is 0 Å². The van der Waals surface area contributed by atoms with Gasteiger partial charge in [0.2, 0.25) is 0 Å². The molecule has 0 saturated carbocycles. The first kappa shape index (κ1) is 14.3. The Morgan fingerprint density at radius 2 is 2.06 bits per heavy atom. The lowest BCUT2D eigenvalue weighted by molar-refractivity contribution is 0.0335. The second-order valence-corrected chi connectivity index (χ2v) is 4.00. The molecule has 0 aliphatic heterocycles. The average Bonchev–Trinajstić information content (AvgIpc) is 2.33. The van der Waals surface area contributed by atoms with E-state index < -0.39 is 0 Å². The van der Waals surface area contributed by atoms with Gasteiger partial charge in [0.25, 0.3) is 0 Å². The second-order valence-electron chi connectivity index (χ2n) is 4.00. The average molecular weight is 252 g/mol. The van der Waals surface area contributed by atoms with E-state index in [-0.39, 0.29) is 12.6 Å². The number of hydrogen-bond acceptors (Lipinski definition) is 5. The molecule has 0 atom stereocenters. The third-order valence-electron chi connectivity index (χ3n) is 2.41. The minimum absolute atomic E-state index is 0.252. The molecule has 2 N–H and O–H groups in total. The number of nitrogen functional groups attached to an aromatic ring is 1. The first-order chi connectivity index (χ1) is 8.56. The van der Waals surface area contributed by atoms with Gasteiger partial charge in [0.05, 0.1) is 23.5 Å². The lowest BCUT2D eigenvalue weighted by atomic mass is 10.1. The van der Waals surface area contributed by atoms with Crippen LogP contribution in [-0.4, -0.2) is 39.9 Å². The van der Waals surface area contributed by atoms with Gasteiger partial charge in [-0.3, -0.25) is 0 Å². The zero-order valence-electron chi connectivity index (χ0n) is 11.1. The van der Waals surface area contributed by atoms with Crippen molar-refractivity contribution in [1.29, 1.82) is 0 Å². The van der Waals surface area contributed by atoms with E-state index in [1.807, 2.05) is 25.9 Å². The fourth-order valence-corrected chi connectivity index (χ4v) is 1.51. The van der Waals surface area contributed by atoms with Crippen molar-refractivity contribution in [1.82, 2.24) is 0 Å². The van der Waals surface area contributed by atoms with E-state index >= 15 is 0 Å². The Hall–Kier alpha value is -1.75. The van der Waals surface area contributed by atoms with Crippen molar-refractivity contribution in [3.8, 4) is 0 Å². The summed E-state index contributed by atoms with van der Waals surface area (Å²) in [7, 11) is 3.79. The van der Waals surface area contributed by atoms with E-state index in [4.69, 9.17) is 15.2 Å². The molecule has 0 bridgehead atoms. The molecule has 0 aliphatic carbocycles. The summed E-state index contributed by atoms with van der Waals surface area (Å²) in [5.74, 6) is -0.383. The van der Waals surface area contributed by atoms with Crippen LogP contribution < -0.4 is 10.6 Å². The standard InChI is InChI=1S/C13H20N2O3/c1-4-17-7-8-18-13(16)10-5-6-12(15(2)3)11(14)9-10/h5-6,9H,4,7-8,14H2,1-3H3. The zero-order valence-corrected chi connectivity index (χ0v) is 11.1. The molecule has 1 aromatic rings. The highest BCUT2D eigenvalue weighted by Crippen LogP contribution is 2.22. The van der Waals surface area contributed by atoms with Crippen molar-refractivity contribution < 1.29 is 14.3 Å². The number of carbonyl (C=O) groups is 1. The summed E-state index contributed by atoms with van der Waals surface area (Å²) in [4.78, 5) is 13.6. The summed E-state index contributed by atoms with van der Waals surface area (Å²) in [6.45, 7) is 3.17. The van der Waals surface area contributed by atoms with Gasteiger partial charge in [-0.15, -0.1) is 0 Å². The van der Waals surface area contributed by atoms with Gasteiger partial charge < -0.3 is 20.1 Å². The maximum Gasteiger partial charge on any atom is 0.338 e. The Morgan fingerprint density at radius 1 is 1.33 bits per heavy atom. The quantitative estimate of drug-likeness (QED) is 0.472. The molecule has 0 unspecified atom stereocenters. The largest absolute Gasteiger partial charge is 0.460 e. The van der Waals surface area contributed by atoms with Gasteiger partial charge in [-0.25, -0.2) is 4.79 Å². The first-order valence-corrected chi connectivity index (χ1v) is 5.88. The monoisotopic (exact) mass is 252 g/mol. The Morgan fingerprint density at radius 3 is 2.61 bits per heavy atom. The van der Waals surface area contributed by atoms with E-state index in [0.717, 1.165) is 5.69 Å². The lowest BCUT2D eigenvalue weighted by Crippen LogP contribution is -2.14. The van der Waals surface area contributed by atoms with Gasteiger partial charge in [0.15, 0.2) is 0 Å². The fourth-order valence-electron chi connectivity index (χ4n) is 1.51. The van der Waals surface area contributed by atoms with Crippen molar-refractivity contribution in [2.75, 3.05) is 44.5 Å². The van der Waals surface area contributed by atoms with E-state index in [2.05, 4.69) is 0 Å². The summed E-state index contributed by atoms with van der Waals surface area (Å²) >= 11 is 0. The summed E-state index contributed by atoms with van der Waals surface area (Å²) in [5, 5.41) is 0. The number of rotatable bonds is 6. The Kier molecular flexibility index (Phi) is 5.45. The summed E-state index contributed by atoms with van der Waals surface area (Å²) < 4.78 is 10.1. The summed E-state index contributed by atoms with van der Waals surface area (Å²) in [6.07, 6.45) is 0. The second kappa shape index (κ2) is 6.86. The van der Waals surface area contributed by atoms with E-state index in [0.29, 0.717) is 24.5 Å². The molecule has 100 valence electrons. The zero-order chi connectivity index (χ0) is 13.5. The van der Waals surface area contributed by atoms with Crippen LogP contribution in [0.5, 0.6) is 0 Å². The predicted molar refractivity (Wildman–Crippen MR) is 72.0 cm³/mol. The molecule has 0 heterocycles. The number of anilines is 2. The van der Waals surface area contributed by atoms with Gasteiger partial charge in [-0.2, -0.15) is 0 Å². The lowest BCUT2D eigenvalue weighted by Gasteiger charge is -2.15. The van der Waals surface area contributed by atoms with Crippen molar-refractivity contribution in [2.24, 2.45) is 0 Å². The van der Waals surface area contributed by atoms with Crippen molar-refractivity contribution in [2.45, 2.75) is 6.92 Å². The molecule has 0 saturated heterocycles. The topological polar surface area (TPSA) is 64.8 Å².